The third-order valence-corrected chi connectivity index (χ3v) is 5.05. The number of hydrogen-bond donors (Lipinski definition) is 1. The van der Waals surface area contributed by atoms with Crippen molar-refractivity contribution in [2.45, 2.75) is 25.4 Å². The lowest BCUT2D eigenvalue weighted by molar-refractivity contribution is -0.142. The predicted molar refractivity (Wildman–Crippen MR) is 106 cm³/mol. The fraction of sp³-hybridized carbons (Fsp3) is 0.174. The molecular formula is C23H18F3NO2. The van der Waals surface area contributed by atoms with Crippen LogP contribution in [0.15, 0.2) is 66.7 Å². The van der Waals surface area contributed by atoms with Crippen LogP contribution in [0.25, 0.3) is 27.4 Å². The van der Waals surface area contributed by atoms with E-state index in [4.69, 9.17) is 5.11 Å². The van der Waals surface area contributed by atoms with Crippen molar-refractivity contribution in [3.63, 3.8) is 0 Å². The molecule has 0 spiro atoms. The number of carbonyl (C=O) groups is 1. The molecule has 29 heavy (non-hydrogen) atoms. The Hall–Kier alpha value is -3.28. The summed E-state index contributed by atoms with van der Waals surface area (Å²) < 4.78 is 42.7. The molecule has 0 atom stereocenters. The number of aromatic nitrogens is 1. The number of nitrogens with zero attached hydrogens (tertiary/aromatic N) is 1. The van der Waals surface area contributed by atoms with Gasteiger partial charge in [-0.1, -0.05) is 42.5 Å². The fourth-order valence-electron chi connectivity index (χ4n) is 3.70. The Morgan fingerprint density at radius 1 is 0.931 bits per heavy atom. The number of benzene rings is 3. The number of aryl methyl sites for hydroxylation is 1. The van der Waals surface area contributed by atoms with Gasteiger partial charge in [0.25, 0.3) is 0 Å². The normalized spacial score (nSPS) is 12.0. The SMILES string of the molecule is O=C(O)CCCc1ccc(-n2c(C(F)(F)F)cc3c4ccccc4ccc32)cc1. The highest BCUT2D eigenvalue weighted by Crippen LogP contribution is 2.38. The third kappa shape index (κ3) is 3.70. The molecule has 1 heterocycles. The lowest BCUT2D eigenvalue weighted by Crippen LogP contribution is -2.12. The zero-order valence-corrected chi connectivity index (χ0v) is 15.4. The van der Waals surface area contributed by atoms with Crippen LogP contribution in [0.2, 0.25) is 0 Å². The van der Waals surface area contributed by atoms with Gasteiger partial charge in [0.2, 0.25) is 0 Å². The summed E-state index contributed by atoms with van der Waals surface area (Å²) in [5.74, 6) is -0.859. The Kier molecular flexibility index (Phi) is 4.78. The van der Waals surface area contributed by atoms with Gasteiger partial charge in [-0.25, -0.2) is 0 Å². The standard InChI is InChI=1S/C23H18F3NO2/c24-23(25,26)21-14-19-18-6-2-1-5-16(18)10-13-20(19)27(21)17-11-8-15(9-12-17)4-3-7-22(28)29/h1-2,5-6,8-14H,3-4,7H2,(H,28,29). The Labute approximate surface area is 165 Å². The van der Waals surface area contributed by atoms with Crippen LogP contribution in [0.4, 0.5) is 13.2 Å². The zero-order valence-electron chi connectivity index (χ0n) is 15.4. The van der Waals surface area contributed by atoms with Gasteiger partial charge >= 0.3 is 12.1 Å². The summed E-state index contributed by atoms with van der Waals surface area (Å²) in [5, 5.41) is 11.0. The number of halogens is 3. The van der Waals surface area contributed by atoms with E-state index >= 15 is 0 Å². The first kappa shape index (κ1) is 19.1. The average molecular weight is 397 g/mol. The molecule has 148 valence electrons. The maximum absolute atomic E-state index is 13.8. The van der Waals surface area contributed by atoms with Gasteiger partial charge in [-0.3, -0.25) is 4.79 Å². The number of carboxylic acids is 1. The Morgan fingerprint density at radius 3 is 2.34 bits per heavy atom. The van der Waals surface area contributed by atoms with E-state index in [1.165, 1.54) is 10.6 Å². The summed E-state index contributed by atoms with van der Waals surface area (Å²) in [4.78, 5) is 10.6. The number of aliphatic carboxylic acids is 1. The summed E-state index contributed by atoms with van der Waals surface area (Å²) in [6.07, 6.45) is -3.38. The fourth-order valence-corrected chi connectivity index (χ4v) is 3.70. The van der Waals surface area contributed by atoms with Gasteiger partial charge in [0.05, 0.1) is 5.52 Å². The van der Waals surface area contributed by atoms with E-state index < -0.39 is 17.8 Å². The molecule has 1 N–H and O–H groups in total. The third-order valence-electron chi connectivity index (χ3n) is 5.05. The van der Waals surface area contributed by atoms with Crippen LogP contribution in [-0.2, 0) is 17.4 Å². The van der Waals surface area contributed by atoms with Crippen molar-refractivity contribution in [2.75, 3.05) is 0 Å². The van der Waals surface area contributed by atoms with Crippen LogP contribution in [0.3, 0.4) is 0 Å². The van der Waals surface area contributed by atoms with Crippen LogP contribution in [0, 0.1) is 0 Å². The van der Waals surface area contributed by atoms with Crippen molar-refractivity contribution in [3.8, 4) is 5.69 Å². The minimum atomic E-state index is -4.50. The first-order valence-corrected chi connectivity index (χ1v) is 9.26. The van der Waals surface area contributed by atoms with Crippen LogP contribution < -0.4 is 0 Å². The maximum Gasteiger partial charge on any atom is 0.431 e. The molecule has 0 aliphatic heterocycles. The lowest BCUT2D eigenvalue weighted by atomic mass is 10.1. The second-order valence-corrected chi connectivity index (χ2v) is 7.00. The lowest BCUT2D eigenvalue weighted by Gasteiger charge is -2.14. The van der Waals surface area contributed by atoms with Crippen molar-refractivity contribution >= 4 is 27.6 Å². The van der Waals surface area contributed by atoms with Gasteiger partial charge in [0.15, 0.2) is 0 Å². The van der Waals surface area contributed by atoms with Gasteiger partial charge in [0, 0.05) is 17.5 Å². The van der Waals surface area contributed by atoms with Crippen LogP contribution in [0.1, 0.15) is 24.1 Å². The quantitative estimate of drug-likeness (QED) is 0.435. The van der Waals surface area contributed by atoms with E-state index in [0.717, 1.165) is 16.3 Å². The molecule has 4 rings (SSSR count). The van der Waals surface area contributed by atoms with Crippen molar-refractivity contribution in [2.24, 2.45) is 0 Å². The second kappa shape index (κ2) is 7.28. The number of hydrogen-bond acceptors (Lipinski definition) is 1. The molecule has 0 bridgehead atoms. The Bertz CT molecular complexity index is 1190. The highest BCUT2D eigenvalue weighted by Gasteiger charge is 2.36. The van der Waals surface area contributed by atoms with Crippen molar-refractivity contribution in [1.29, 1.82) is 0 Å². The summed E-state index contributed by atoms with van der Waals surface area (Å²) in [5.41, 5.74) is 1.09. The first-order chi connectivity index (χ1) is 13.8. The number of fused-ring (bicyclic) bond motifs is 3. The minimum absolute atomic E-state index is 0.0648. The second-order valence-electron chi connectivity index (χ2n) is 7.00. The van der Waals surface area contributed by atoms with Crippen LogP contribution in [-0.4, -0.2) is 15.6 Å². The minimum Gasteiger partial charge on any atom is -0.481 e. The monoisotopic (exact) mass is 397 g/mol. The van der Waals surface area contributed by atoms with Gasteiger partial charge < -0.3 is 9.67 Å². The molecule has 3 nitrogen and oxygen atoms in total. The maximum atomic E-state index is 13.8. The zero-order chi connectivity index (χ0) is 20.6. The molecule has 0 saturated heterocycles. The van der Waals surface area contributed by atoms with Crippen molar-refractivity contribution in [3.05, 3.63) is 78.0 Å². The van der Waals surface area contributed by atoms with E-state index in [-0.39, 0.29) is 6.42 Å². The molecule has 0 fully saturated rings. The smallest absolute Gasteiger partial charge is 0.431 e. The first-order valence-electron chi connectivity index (χ1n) is 9.26. The molecule has 4 aromatic rings. The Balaban J connectivity index is 1.82. The molecule has 0 radical (unpaired) electrons. The number of alkyl halides is 3. The van der Waals surface area contributed by atoms with E-state index in [1.54, 1.807) is 30.3 Å². The Morgan fingerprint density at radius 2 is 1.66 bits per heavy atom. The highest BCUT2D eigenvalue weighted by atomic mass is 19.4. The van der Waals surface area contributed by atoms with Gasteiger partial charge in [-0.05, 0) is 53.4 Å². The molecule has 3 aromatic carbocycles. The summed E-state index contributed by atoms with van der Waals surface area (Å²) in [6, 6.07) is 18.9. The number of carboxylic acid groups (broad SMARTS) is 1. The topological polar surface area (TPSA) is 42.2 Å². The summed E-state index contributed by atoms with van der Waals surface area (Å²) in [7, 11) is 0. The van der Waals surface area contributed by atoms with Crippen molar-refractivity contribution < 1.29 is 23.1 Å². The molecular weight excluding hydrogens is 379 g/mol. The van der Waals surface area contributed by atoms with Gasteiger partial charge in [-0.2, -0.15) is 13.2 Å². The summed E-state index contributed by atoms with van der Waals surface area (Å²) in [6.45, 7) is 0. The summed E-state index contributed by atoms with van der Waals surface area (Å²) >= 11 is 0. The van der Waals surface area contributed by atoms with Gasteiger partial charge in [-0.15, -0.1) is 0 Å². The molecule has 0 saturated carbocycles. The largest absolute Gasteiger partial charge is 0.481 e. The van der Waals surface area contributed by atoms with Crippen molar-refractivity contribution in [1.82, 2.24) is 4.57 Å². The highest BCUT2D eigenvalue weighted by molar-refractivity contribution is 6.07. The van der Waals surface area contributed by atoms with E-state index in [1.807, 2.05) is 30.3 Å². The van der Waals surface area contributed by atoms with Crippen LogP contribution in [0.5, 0.6) is 0 Å². The van der Waals surface area contributed by atoms with Gasteiger partial charge in [0.1, 0.15) is 5.69 Å². The average Bonchev–Trinajstić information content (AvgIpc) is 3.09. The molecule has 0 unspecified atom stereocenters. The number of rotatable bonds is 5. The van der Waals surface area contributed by atoms with E-state index in [9.17, 15) is 18.0 Å². The molecule has 6 heteroatoms. The predicted octanol–water partition coefficient (Wildman–Crippen LogP) is 6.21. The molecule has 0 aliphatic carbocycles. The van der Waals surface area contributed by atoms with E-state index in [0.29, 0.717) is 29.4 Å². The molecule has 1 aromatic heterocycles. The molecule has 0 aliphatic rings. The van der Waals surface area contributed by atoms with E-state index in [2.05, 4.69) is 0 Å². The molecule has 0 amide bonds. The van der Waals surface area contributed by atoms with Crippen LogP contribution >= 0.6 is 0 Å².